The fourth-order valence-corrected chi connectivity index (χ4v) is 3.23. The van der Waals surface area contributed by atoms with E-state index in [1.54, 1.807) is 6.20 Å². The number of benzene rings is 2. The number of nitrogens with zero attached hydrogens (tertiary/aromatic N) is 2. The first-order valence-electron chi connectivity index (χ1n) is 8.01. The van der Waals surface area contributed by atoms with Crippen LogP contribution in [0.3, 0.4) is 0 Å². The highest BCUT2D eigenvalue weighted by Crippen LogP contribution is 2.28. The van der Waals surface area contributed by atoms with E-state index in [4.69, 9.17) is 16.3 Å². The molecule has 6 heteroatoms. The highest BCUT2D eigenvalue weighted by atomic mass is 35.5. The van der Waals surface area contributed by atoms with Crippen LogP contribution in [0.25, 0.3) is 16.8 Å². The second-order valence-electron chi connectivity index (χ2n) is 5.29. The molecular formula is C20H16ClN3OS. The molecule has 130 valence electrons. The van der Waals surface area contributed by atoms with E-state index in [1.807, 2.05) is 60.8 Å². The molecule has 2 aromatic carbocycles. The number of hydrogen-bond donors (Lipinski definition) is 1. The van der Waals surface area contributed by atoms with Crippen LogP contribution in [0.4, 0.5) is 5.69 Å². The highest BCUT2D eigenvalue weighted by Gasteiger charge is 2.09. The summed E-state index contributed by atoms with van der Waals surface area (Å²) in [6.07, 6.45) is 1.66. The zero-order valence-electron chi connectivity index (χ0n) is 14.1. The van der Waals surface area contributed by atoms with Gasteiger partial charge in [0.15, 0.2) is 0 Å². The maximum Gasteiger partial charge on any atom is 0.142 e. The van der Waals surface area contributed by atoms with Crippen molar-refractivity contribution in [1.82, 2.24) is 4.98 Å². The van der Waals surface area contributed by atoms with Crippen LogP contribution in [-0.2, 0) is 0 Å². The molecule has 3 aromatic rings. The van der Waals surface area contributed by atoms with Gasteiger partial charge in [-0.1, -0.05) is 35.9 Å². The van der Waals surface area contributed by atoms with Crippen molar-refractivity contribution in [2.75, 3.05) is 11.9 Å². The van der Waals surface area contributed by atoms with E-state index in [-0.39, 0.29) is 0 Å². The molecule has 4 nitrogen and oxygen atoms in total. The standard InChI is InChI=1S/C20H16ClN3OS/c1-2-25-19-6-4-3-5-17(19)23-12-15(11-22)20-24-18(13-26-20)14-7-9-16(21)10-8-14/h3-10,12-13,23H,2H2,1H3. The maximum absolute atomic E-state index is 9.51. The van der Waals surface area contributed by atoms with Crippen LogP contribution < -0.4 is 10.1 Å². The molecule has 0 fully saturated rings. The normalized spacial score (nSPS) is 11.0. The van der Waals surface area contributed by atoms with Crippen LogP contribution >= 0.6 is 22.9 Å². The second-order valence-corrected chi connectivity index (χ2v) is 6.58. The van der Waals surface area contributed by atoms with Crippen molar-refractivity contribution in [2.24, 2.45) is 0 Å². The lowest BCUT2D eigenvalue weighted by Gasteiger charge is -2.09. The average Bonchev–Trinajstić information content (AvgIpc) is 3.14. The van der Waals surface area contributed by atoms with Gasteiger partial charge in [-0.15, -0.1) is 11.3 Å². The van der Waals surface area contributed by atoms with Crippen molar-refractivity contribution in [3.05, 3.63) is 70.1 Å². The Morgan fingerprint density at radius 2 is 2.04 bits per heavy atom. The van der Waals surface area contributed by atoms with Crippen LogP contribution in [0.1, 0.15) is 11.9 Å². The Bertz CT molecular complexity index is 958. The third-order valence-electron chi connectivity index (χ3n) is 3.55. The number of ether oxygens (including phenoxy) is 1. The lowest BCUT2D eigenvalue weighted by molar-refractivity contribution is 0.342. The fraction of sp³-hybridized carbons (Fsp3) is 0.100. The molecular weight excluding hydrogens is 366 g/mol. The van der Waals surface area contributed by atoms with Gasteiger partial charge in [-0.05, 0) is 31.2 Å². The van der Waals surface area contributed by atoms with Crippen LogP contribution in [0.5, 0.6) is 5.75 Å². The first-order valence-corrected chi connectivity index (χ1v) is 9.27. The minimum atomic E-state index is 0.460. The summed E-state index contributed by atoms with van der Waals surface area (Å²) in [5.41, 5.74) is 3.04. The summed E-state index contributed by atoms with van der Waals surface area (Å²) in [6.45, 7) is 2.51. The first-order chi connectivity index (χ1) is 12.7. The summed E-state index contributed by atoms with van der Waals surface area (Å²) in [4.78, 5) is 4.57. The largest absolute Gasteiger partial charge is 0.492 e. The van der Waals surface area contributed by atoms with Gasteiger partial charge in [0.25, 0.3) is 0 Å². The topological polar surface area (TPSA) is 57.9 Å². The fourth-order valence-electron chi connectivity index (χ4n) is 2.31. The predicted molar refractivity (Wildman–Crippen MR) is 107 cm³/mol. The van der Waals surface area contributed by atoms with Gasteiger partial charge in [0, 0.05) is 22.2 Å². The summed E-state index contributed by atoms with van der Waals surface area (Å²) in [5.74, 6) is 0.740. The molecule has 1 aromatic heterocycles. The van der Waals surface area contributed by atoms with E-state index < -0.39 is 0 Å². The Kier molecular flexibility index (Phi) is 5.90. The average molecular weight is 382 g/mol. The molecule has 0 radical (unpaired) electrons. The highest BCUT2D eigenvalue weighted by molar-refractivity contribution is 7.11. The lowest BCUT2D eigenvalue weighted by atomic mass is 10.2. The molecule has 0 saturated carbocycles. The van der Waals surface area contributed by atoms with Crippen molar-refractivity contribution in [1.29, 1.82) is 5.26 Å². The van der Waals surface area contributed by atoms with Crippen LogP contribution in [0.2, 0.25) is 5.02 Å². The van der Waals surface area contributed by atoms with Crippen molar-refractivity contribution < 1.29 is 4.74 Å². The Hall–Kier alpha value is -2.81. The van der Waals surface area contributed by atoms with E-state index in [1.165, 1.54) is 11.3 Å². The molecule has 1 N–H and O–H groups in total. The number of thiazole rings is 1. The molecule has 0 amide bonds. The Balaban J connectivity index is 1.82. The van der Waals surface area contributed by atoms with Crippen molar-refractivity contribution in [3.8, 4) is 23.1 Å². The molecule has 26 heavy (non-hydrogen) atoms. The molecule has 0 aliphatic carbocycles. The van der Waals surface area contributed by atoms with Gasteiger partial charge in [0.2, 0.25) is 0 Å². The number of allylic oxidation sites excluding steroid dienone is 1. The second kappa shape index (κ2) is 8.52. The van der Waals surface area contributed by atoms with E-state index >= 15 is 0 Å². The van der Waals surface area contributed by atoms with E-state index in [0.717, 1.165) is 22.7 Å². The predicted octanol–water partition coefficient (Wildman–Crippen LogP) is 5.84. The van der Waals surface area contributed by atoms with Crippen molar-refractivity contribution in [3.63, 3.8) is 0 Å². The molecule has 0 unspecified atom stereocenters. The monoisotopic (exact) mass is 381 g/mol. The summed E-state index contributed by atoms with van der Waals surface area (Å²) >= 11 is 7.35. The number of rotatable bonds is 6. The molecule has 0 spiro atoms. The molecule has 1 heterocycles. The van der Waals surface area contributed by atoms with E-state index in [0.29, 0.717) is 22.2 Å². The number of aromatic nitrogens is 1. The molecule has 3 rings (SSSR count). The van der Waals surface area contributed by atoms with E-state index in [2.05, 4.69) is 16.4 Å². The molecule has 0 bridgehead atoms. The molecule has 0 aliphatic rings. The number of nitriles is 1. The third-order valence-corrected chi connectivity index (χ3v) is 4.68. The first kappa shape index (κ1) is 18.0. The molecule has 0 saturated heterocycles. The van der Waals surface area contributed by atoms with Gasteiger partial charge in [-0.2, -0.15) is 5.26 Å². The zero-order valence-corrected chi connectivity index (χ0v) is 15.6. The quantitative estimate of drug-likeness (QED) is 0.545. The van der Waals surface area contributed by atoms with Crippen LogP contribution in [0, 0.1) is 11.3 Å². The van der Waals surface area contributed by atoms with Crippen molar-refractivity contribution >= 4 is 34.2 Å². The summed E-state index contributed by atoms with van der Waals surface area (Å²) < 4.78 is 5.58. The van der Waals surface area contributed by atoms with Crippen LogP contribution in [0.15, 0.2) is 60.1 Å². The Labute approximate surface area is 161 Å². The van der Waals surface area contributed by atoms with Crippen LogP contribution in [-0.4, -0.2) is 11.6 Å². The minimum Gasteiger partial charge on any atom is -0.492 e. The minimum absolute atomic E-state index is 0.460. The third kappa shape index (κ3) is 4.23. The van der Waals surface area contributed by atoms with Gasteiger partial charge < -0.3 is 10.1 Å². The molecule has 0 aliphatic heterocycles. The summed E-state index contributed by atoms with van der Waals surface area (Å²) in [7, 11) is 0. The van der Waals surface area contributed by atoms with Gasteiger partial charge in [0.05, 0.1) is 18.0 Å². The van der Waals surface area contributed by atoms with Gasteiger partial charge in [0.1, 0.15) is 22.4 Å². The summed E-state index contributed by atoms with van der Waals surface area (Å²) in [6, 6.07) is 17.3. The van der Waals surface area contributed by atoms with Gasteiger partial charge >= 0.3 is 0 Å². The zero-order chi connectivity index (χ0) is 18.4. The number of nitrogens with one attached hydrogen (secondary N) is 1. The van der Waals surface area contributed by atoms with Crippen molar-refractivity contribution in [2.45, 2.75) is 6.92 Å². The van der Waals surface area contributed by atoms with Gasteiger partial charge in [-0.25, -0.2) is 4.98 Å². The maximum atomic E-state index is 9.51. The Morgan fingerprint density at radius 3 is 2.77 bits per heavy atom. The summed E-state index contributed by atoms with van der Waals surface area (Å²) in [5, 5.41) is 15.9. The van der Waals surface area contributed by atoms with Gasteiger partial charge in [-0.3, -0.25) is 0 Å². The molecule has 0 atom stereocenters. The smallest absolute Gasteiger partial charge is 0.142 e. The lowest BCUT2D eigenvalue weighted by Crippen LogP contribution is -1.97. The Morgan fingerprint density at radius 1 is 1.27 bits per heavy atom. The number of hydrogen-bond acceptors (Lipinski definition) is 5. The van der Waals surface area contributed by atoms with E-state index in [9.17, 15) is 5.26 Å². The SMILES string of the molecule is CCOc1ccccc1NC=C(C#N)c1nc(-c2ccc(Cl)cc2)cs1. The number of anilines is 1. The number of para-hydroxylation sites is 2. The number of halogens is 1.